The standard InChI is InChI=1S/C20H28N4O4.ClH/c1-12(2)24(13(3)4)9-8-14-10-21-15-6-5-7-17(18(14)15)28-20(26)22-16-11-27-23-19(16)25;/h5-7,10,12-13,16,21H,8-9,11H2,1-4H3,(H,22,26)(H,23,25);1H/t16-;/m1./s1. The fraction of sp³-hybridized carbons (Fsp3) is 0.500. The number of carbonyl (C=O) groups is 2. The molecule has 2 aromatic rings. The summed E-state index contributed by atoms with van der Waals surface area (Å²) in [6.45, 7) is 9.75. The van der Waals surface area contributed by atoms with E-state index in [1.165, 1.54) is 0 Å². The predicted octanol–water partition coefficient (Wildman–Crippen LogP) is 2.77. The van der Waals surface area contributed by atoms with Gasteiger partial charge in [0.2, 0.25) is 0 Å². The molecule has 1 atom stereocenters. The van der Waals surface area contributed by atoms with E-state index in [9.17, 15) is 9.59 Å². The molecular weight excluding hydrogens is 396 g/mol. The highest BCUT2D eigenvalue weighted by molar-refractivity contribution is 5.92. The molecule has 0 spiro atoms. The molecule has 1 saturated heterocycles. The topological polar surface area (TPSA) is 95.7 Å². The monoisotopic (exact) mass is 424 g/mol. The van der Waals surface area contributed by atoms with Gasteiger partial charge in [-0.3, -0.25) is 14.5 Å². The Morgan fingerprint density at radius 3 is 2.66 bits per heavy atom. The molecule has 9 heteroatoms. The van der Waals surface area contributed by atoms with Crippen LogP contribution in [-0.4, -0.2) is 53.2 Å². The highest BCUT2D eigenvalue weighted by atomic mass is 35.5. The summed E-state index contributed by atoms with van der Waals surface area (Å²) in [5, 5.41) is 3.40. The largest absolute Gasteiger partial charge is 0.413 e. The molecule has 0 unspecified atom stereocenters. The maximum Gasteiger partial charge on any atom is 0.413 e. The molecule has 3 N–H and O–H groups in total. The number of halogens is 1. The van der Waals surface area contributed by atoms with Crippen molar-refractivity contribution < 1.29 is 19.2 Å². The smallest absolute Gasteiger partial charge is 0.410 e. The van der Waals surface area contributed by atoms with Crippen molar-refractivity contribution in [2.75, 3.05) is 13.2 Å². The van der Waals surface area contributed by atoms with Crippen molar-refractivity contribution >= 4 is 35.3 Å². The molecule has 1 aliphatic rings. The van der Waals surface area contributed by atoms with E-state index in [-0.39, 0.29) is 24.9 Å². The fourth-order valence-electron chi connectivity index (χ4n) is 3.59. The molecule has 0 bridgehead atoms. The minimum Gasteiger partial charge on any atom is -0.410 e. The summed E-state index contributed by atoms with van der Waals surface area (Å²) in [5.74, 6) is 0.0752. The minimum atomic E-state index is -0.747. The van der Waals surface area contributed by atoms with Crippen LogP contribution in [0.25, 0.3) is 10.9 Å². The zero-order valence-corrected chi connectivity index (χ0v) is 18.0. The summed E-state index contributed by atoms with van der Waals surface area (Å²) in [5.41, 5.74) is 4.19. The van der Waals surface area contributed by atoms with Crippen molar-refractivity contribution in [2.45, 2.75) is 52.2 Å². The summed E-state index contributed by atoms with van der Waals surface area (Å²) < 4.78 is 5.52. The summed E-state index contributed by atoms with van der Waals surface area (Å²) in [6, 6.07) is 5.68. The molecule has 160 valence electrons. The van der Waals surface area contributed by atoms with Crippen LogP contribution in [0.1, 0.15) is 33.3 Å². The molecule has 1 aromatic carbocycles. The van der Waals surface area contributed by atoms with Gasteiger partial charge in [-0.05, 0) is 51.8 Å². The van der Waals surface area contributed by atoms with Gasteiger partial charge in [-0.25, -0.2) is 10.3 Å². The van der Waals surface area contributed by atoms with Gasteiger partial charge in [-0.15, -0.1) is 12.4 Å². The van der Waals surface area contributed by atoms with Crippen molar-refractivity contribution in [3.63, 3.8) is 0 Å². The van der Waals surface area contributed by atoms with E-state index in [1.54, 1.807) is 6.07 Å². The summed E-state index contributed by atoms with van der Waals surface area (Å²) in [4.78, 5) is 34.3. The number of rotatable bonds is 7. The average molecular weight is 425 g/mol. The van der Waals surface area contributed by atoms with Crippen LogP contribution < -0.4 is 15.5 Å². The molecule has 1 fully saturated rings. The van der Waals surface area contributed by atoms with Crippen LogP contribution >= 0.6 is 12.4 Å². The Morgan fingerprint density at radius 2 is 2.03 bits per heavy atom. The van der Waals surface area contributed by atoms with Gasteiger partial charge >= 0.3 is 6.09 Å². The molecule has 2 heterocycles. The maximum absolute atomic E-state index is 12.2. The van der Waals surface area contributed by atoms with Crippen molar-refractivity contribution in [1.82, 2.24) is 20.7 Å². The lowest BCUT2D eigenvalue weighted by Crippen LogP contribution is -2.43. The van der Waals surface area contributed by atoms with E-state index in [4.69, 9.17) is 9.57 Å². The first kappa shape index (κ1) is 23.0. The first-order valence-corrected chi connectivity index (χ1v) is 9.61. The minimum absolute atomic E-state index is 0. The average Bonchev–Trinajstić information content (AvgIpc) is 3.22. The lowest BCUT2D eigenvalue weighted by atomic mass is 10.1. The van der Waals surface area contributed by atoms with Gasteiger partial charge in [0.25, 0.3) is 5.91 Å². The normalized spacial score (nSPS) is 16.4. The first-order chi connectivity index (χ1) is 13.4. The number of hydrogen-bond acceptors (Lipinski definition) is 5. The fourth-order valence-corrected chi connectivity index (χ4v) is 3.59. The number of hydroxylamine groups is 1. The van der Waals surface area contributed by atoms with Crippen LogP contribution in [0.3, 0.4) is 0 Å². The highest BCUT2D eigenvalue weighted by Crippen LogP contribution is 2.29. The number of hydrogen-bond donors (Lipinski definition) is 3. The molecule has 0 radical (unpaired) electrons. The number of benzene rings is 1. The van der Waals surface area contributed by atoms with Gasteiger partial charge in [0.15, 0.2) is 0 Å². The Morgan fingerprint density at radius 1 is 1.31 bits per heavy atom. The molecule has 0 aliphatic carbocycles. The van der Waals surface area contributed by atoms with Crippen molar-refractivity contribution in [3.8, 4) is 5.75 Å². The van der Waals surface area contributed by atoms with Crippen molar-refractivity contribution in [1.29, 1.82) is 0 Å². The lowest BCUT2D eigenvalue weighted by Gasteiger charge is -2.30. The first-order valence-electron chi connectivity index (χ1n) is 9.61. The van der Waals surface area contributed by atoms with Gasteiger partial charge in [0, 0.05) is 35.7 Å². The van der Waals surface area contributed by atoms with Gasteiger partial charge in [-0.2, -0.15) is 0 Å². The molecule has 1 aromatic heterocycles. The molecule has 3 rings (SSSR count). The van der Waals surface area contributed by atoms with E-state index >= 15 is 0 Å². The Hall–Kier alpha value is -2.29. The van der Waals surface area contributed by atoms with Crippen LogP contribution in [0.15, 0.2) is 24.4 Å². The number of fused-ring (bicyclic) bond motifs is 1. The predicted molar refractivity (Wildman–Crippen MR) is 113 cm³/mol. The third kappa shape index (κ3) is 5.41. The summed E-state index contributed by atoms with van der Waals surface area (Å²) in [7, 11) is 0. The number of amides is 2. The molecule has 2 amide bonds. The number of H-pyrrole nitrogens is 1. The van der Waals surface area contributed by atoms with E-state index in [2.05, 4.69) is 48.4 Å². The maximum atomic E-state index is 12.2. The molecule has 0 saturated carbocycles. The van der Waals surface area contributed by atoms with Crippen LogP contribution in [0.5, 0.6) is 5.75 Å². The van der Waals surface area contributed by atoms with E-state index in [0.29, 0.717) is 17.8 Å². The molecule has 29 heavy (non-hydrogen) atoms. The van der Waals surface area contributed by atoms with Crippen LogP contribution in [0.4, 0.5) is 4.79 Å². The second-order valence-corrected chi connectivity index (χ2v) is 7.53. The zero-order chi connectivity index (χ0) is 20.3. The van der Waals surface area contributed by atoms with Gasteiger partial charge < -0.3 is 15.0 Å². The lowest BCUT2D eigenvalue weighted by molar-refractivity contribution is -0.125. The third-order valence-electron chi connectivity index (χ3n) is 4.95. The second kappa shape index (κ2) is 9.96. The van der Waals surface area contributed by atoms with Crippen LogP contribution in [0.2, 0.25) is 0 Å². The van der Waals surface area contributed by atoms with E-state index < -0.39 is 12.1 Å². The number of aromatic amines is 1. The Bertz CT molecular complexity index is 844. The Balaban J connectivity index is 0.00000300. The SMILES string of the molecule is CC(C)N(CCc1c[nH]c2cccc(OC(=O)N[C@@H]3CONC3=O)c12)C(C)C.Cl. The number of ether oxygens (including phenoxy) is 1. The molecule has 8 nitrogen and oxygen atoms in total. The summed E-state index contributed by atoms with van der Waals surface area (Å²) >= 11 is 0. The van der Waals surface area contributed by atoms with E-state index in [1.807, 2.05) is 18.3 Å². The van der Waals surface area contributed by atoms with Gasteiger partial charge in [0.05, 0.1) is 0 Å². The number of nitrogens with one attached hydrogen (secondary N) is 3. The van der Waals surface area contributed by atoms with Crippen molar-refractivity contribution in [3.05, 3.63) is 30.0 Å². The third-order valence-corrected chi connectivity index (χ3v) is 4.95. The quantitative estimate of drug-likeness (QED) is 0.635. The zero-order valence-electron chi connectivity index (χ0n) is 17.2. The Kier molecular flexibility index (Phi) is 7.89. The van der Waals surface area contributed by atoms with Gasteiger partial charge in [0.1, 0.15) is 18.4 Å². The number of nitrogens with zero attached hydrogens (tertiary/aromatic N) is 1. The molecule has 1 aliphatic heterocycles. The summed E-state index contributed by atoms with van der Waals surface area (Å²) in [6.07, 6.45) is 2.11. The number of carbonyl (C=O) groups excluding carboxylic acids is 2. The van der Waals surface area contributed by atoms with Crippen molar-refractivity contribution in [2.24, 2.45) is 0 Å². The highest BCUT2D eigenvalue weighted by Gasteiger charge is 2.28. The van der Waals surface area contributed by atoms with Crippen LogP contribution in [-0.2, 0) is 16.1 Å². The van der Waals surface area contributed by atoms with Gasteiger partial charge in [-0.1, -0.05) is 6.07 Å². The van der Waals surface area contributed by atoms with Crippen LogP contribution in [0, 0.1) is 0 Å². The Labute approximate surface area is 176 Å². The van der Waals surface area contributed by atoms with E-state index in [0.717, 1.165) is 29.4 Å². The number of aromatic nitrogens is 1. The molecular formula is C20H29ClN4O4. The second-order valence-electron chi connectivity index (χ2n) is 7.53.